The van der Waals surface area contributed by atoms with Gasteiger partial charge in [0, 0.05) is 23.0 Å². The van der Waals surface area contributed by atoms with Crippen LogP contribution in [-0.2, 0) is 0 Å². The van der Waals surface area contributed by atoms with E-state index in [-0.39, 0.29) is 5.56 Å². The summed E-state index contributed by atoms with van der Waals surface area (Å²) in [6.45, 7) is 0. The predicted molar refractivity (Wildman–Crippen MR) is 66.4 cm³/mol. The van der Waals surface area contributed by atoms with Gasteiger partial charge in [0.05, 0.1) is 11.1 Å². The summed E-state index contributed by atoms with van der Waals surface area (Å²) >= 11 is 5.87. The fraction of sp³-hybridized carbons (Fsp3) is 0. The second kappa shape index (κ2) is 4.86. The normalized spacial score (nSPS) is 9.78. The van der Waals surface area contributed by atoms with Gasteiger partial charge in [-0.2, -0.15) is 5.26 Å². The van der Waals surface area contributed by atoms with Crippen molar-refractivity contribution in [3.8, 4) is 17.2 Å². The Morgan fingerprint density at radius 1 is 1.33 bits per heavy atom. The van der Waals surface area contributed by atoms with Crippen molar-refractivity contribution in [1.82, 2.24) is 4.98 Å². The fourth-order valence-electron chi connectivity index (χ4n) is 1.59. The van der Waals surface area contributed by atoms with E-state index < -0.39 is 5.97 Å². The van der Waals surface area contributed by atoms with Gasteiger partial charge >= 0.3 is 5.97 Å². The number of rotatable bonds is 2. The van der Waals surface area contributed by atoms with Crippen LogP contribution in [0.3, 0.4) is 0 Å². The third-order valence-electron chi connectivity index (χ3n) is 2.39. The molecule has 1 aromatic carbocycles. The largest absolute Gasteiger partial charge is 0.478 e. The molecule has 1 N–H and O–H groups in total. The van der Waals surface area contributed by atoms with E-state index in [4.69, 9.17) is 22.0 Å². The van der Waals surface area contributed by atoms with Crippen LogP contribution in [0.5, 0.6) is 0 Å². The maximum atomic E-state index is 11.1. The van der Waals surface area contributed by atoms with Crippen LogP contribution in [-0.4, -0.2) is 16.1 Å². The zero-order chi connectivity index (χ0) is 13.1. The van der Waals surface area contributed by atoms with Crippen molar-refractivity contribution in [2.75, 3.05) is 0 Å². The summed E-state index contributed by atoms with van der Waals surface area (Å²) in [5, 5.41) is 18.4. The standard InChI is InChI=1S/C13H7ClN2O2/c14-10-1-2-11(13(17)18)12(4-10)9-3-8(5-15)6-16-7-9/h1-4,6-7H,(H,17,18). The summed E-state index contributed by atoms with van der Waals surface area (Å²) in [5.74, 6) is -1.05. The van der Waals surface area contributed by atoms with Gasteiger partial charge in [0.2, 0.25) is 0 Å². The van der Waals surface area contributed by atoms with Crippen molar-refractivity contribution in [2.24, 2.45) is 0 Å². The highest BCUT2D eigenvalue weighted by molar-refractivity contribution is 6.31. The van der Waals surface area contributed by atoms with Gasteiger partial charge in [-0.3, -0.25) is 4.98 Å². The van der Waals surface area contributed by atoms with Crippen molar-refractivity contribution >= 4 is 17.6 Å². The molecule has 0 bridgehead atoms. The number of nitrogens with zero attached hydrogens (tertiary/aromatic N) is 2. The summed E-state index contributed by atoms with van der Waals surface area (Å²) < 4.78 is 0. The molecular formula is C13H7ClN2O2. The zero-order valence-corrected chi connectivity index (χ0v) is 9.85. The van der Waals surface area contributed by atoms with Crippen molar-refractivity contribution < 1.29 is 9.90 Å². The van der Waals surface area contributed by atoms with Crippen LogP contribution < -0.4 is 0 Å². The average molecular weight is 259 g/mol. The Kier molecular flexibility index (Phi) is 3.26. The quantitative estimate of drug-likeness (QED) is 0.899. The zero-order valence-electron chi connectivity index (χ0n) is 9.09. The number of halogens is 1. The van der Waals surface area contributed by atoms with Gasteiger partial charge in [0.15, 0.2) is 0 Å². The lowest BCUT2D eigenvalue weighted by atomic mass is 10.0. The molecule has 0 saturated heterocycles. The van der Waals surface area contributed by atoms with Gasteiger partial charge in [0.25, 0.3) is 0 Å². The highest BCUT2D eigenvalue weighted by atomic mass is 35.5. The van der Waals surface area contributed by atoms with Crippen molar-refractivity contribution in [2.45, 2.75) is 0 Å². The first-order valence-corrected chi connectivity index (χ1v) is 5.38. The Balaban J connectivity index is 2.66. The van der Waals surface area contributed by atoms with Gasteiger partial charge in [0.1, 0.15) is 6.07 Å². The molecule has 1 aromatic heterocycles. The molecule has 0 radical (unpaired) electrons. The lowest BCUT2D eigenvalue weighted by molar-refractivity contribution is 0.0698. The minimum absolute atomic E-state index is 0.122. The third kappa shape index (κ3) is 2.31. The molecular weight excluding hydrogens is 252 g/mol. The molecule has 0 spiro atoms. The number of hydrogen-bond donors (Lipinski definition) is 1. The van der Waals surface area contributed by atoms with Crippen LogP contribution in [0.2, 0.25) is 5.02 Å². The molecule has 0 aliphatic carbocycles. The van der Waals surface area contributed by atoms with Crippen LogP contribution in [0.15, 0.2) is 36.7 Å². The molecule has 2 rings (SSSR count). The molecule has 0 saturated carbocycles. The van der Waals surface area contributed by atoms with E-state index in [9.17, 15) is 4.79 Å². The first-order valence-electron chi connectivity index (χ1n) is 5.00. The highest BCUT2D eigenvalue weighted by Gasteiger charge is 2.12. The van der Waals surface area contributed by atoms with Crippen LogP contribution in [0.4, 0.5) is 0 Å². The van der Waals surface area contributed by atoms with E-state index in [0.29, 0.717) is 21.7 Å². The minimum atomic E-state index is -1.05. The summed E-state index contributed by atoms with van der Waals surface area (Å²) in [7, 11) is 0. The molecule has 0 unspecified atom stereocenters. The van der Waals surface area contributed by atoms with Gasteiger partial charge < -0.3 is 5.11 Å². The van der Waals surface area contributed by atoms with Crippen LogP contribution >= 0.6 is 11.6 Å². The van der Waals surface area contributed by atoms with E-state index in [2.05, 4.69) is 4.98 Å². The molecule has 0 amide bonds. The maximum absolute atomic E-state index is 11.1. The van der Waals surface area contributed by atoms with Gasteiger partial charge in [-0.15, -0.1) is 0 Å². The number of benzene rings is 1. The van der Waals surface area contributed by atoms with Crippen molar-refractivity contribution in [3.63, 3.8) is 0 Å². The predicted octanol–water partition coefficient (Wildman–Crippen LogP) is 2.97. The number of carboxylic acids is 1. The summed E-state index contributed by atoms with van der Waals surface area (Å²) in [6, 6.07) is 8.02. The molecule has 0 atom stereocenters. The number of pyridine rings is 1. The van der Waals surface area contributed by atoms with Gasteiger partial charge in [-0.1, -0.05) is 11.6 Å². The van der Waals surface area contributed by atoms with Crippen LogP contribution in [0, 0.1) is 11.3 Å². The monoisotopic (exact) mass is 258 g/mol. The number of carbonyl (C=O) groups is 1. The number of nitriles is 1. The Morgan fingerprint density at radius 2 is 2.11 bits per heavy atom. The molecule has 4 nitrogen and oxygen atoms in total. The summed E-state index contributed by atoms with van der Waals surface area (Å²) in [6.07, 6.45) is 2.91. The molecule has 0 aliphatic heterocycles. The first-order chi connectivity index (χ1) is 8.61. The number of aromatic nitrogens is 1. The number of hydrogen-bond acceptors (Lipinski definition) is 3. The Bertz CT molecular complexity index is 662. The van der Waals surface area contributed by atoms with E-state index >= 15 is 0 Å². The van der Waals surface area contributed by atoms with Gasteiger partial charge in [-0.05, 0) is 29.8 Å². The van der Waals surface area contributed by atoms with Gasteiger partial charge in [-0.25, -0.2) is 4.79 Å². The SMILES string of the molecule is N#Cc1cncc(-c2cc(Cl)ccc2C(=O)O)c1. The van der Waals surface area contributed by atoms with E-state index in [1.54, 1.807) is 12.1 Å². The lowest BCUT2D eigenvalue weighted by Crippen LogP contribution is -1.99. The average Bonchev–Trinajstić information content (AvgIpc) is 2.38. The molecule has 88 valence electrons. The fourth-order valence-corrected chi connectivity index (χ4v) is 1.76. The molecule has 0 aliphatic rings. The Morgan fingerprint density at radius 3 is 2.78 bits per heavy atom. The highest BCUT2D eigenvalue weighted by Crippen LogP contribution is 2.27. The van der Waals surface area contributed by atoms with Crippen molar-refractivity contribution in [3.05, 3.63) is 52.8 Å². The summed E-state index contributed by atoms with van der Waals surface area (Å²) in [4.78, 5) is 15.0. The van der Waals surface area contributed by atoms with Crippen LogP contribution in [0.1, 0.15) is 15.9 Å². The van der Waals surface area contributed by atoms with E-state index in [1.807, 2.05) is 6.07 Å². The van der Waals surface area contributed by atoms with Crippen LogP contribution in [0.25, 0.3) is 11.1 Å². The molecule has 18 heavy (non-hydrogen) atoms. The lowest BCUT2D eigenvalue weighted by Gasteiger charge is -2.06. The smallest absolute Gasteiger partial charge is 0.336 e. The van der Waals surface area contributed by atoms with Crippen molar-refractivity contribution in [1.29, 1.82) is 5.26 Å². The Labute approximate surface area is 108 Å². The summed E-state index contributed by atoms with van der Waals surface area (Å²) in [5.41, 5.74) is 1.48. The third-order valence-corrected chi connectivity index (χ3v) is 2.63. The second-order valence-corrected chi connectivity index (χ2v) is 4.01. The molecule has 0 fully saturated rings. The topological polar surface area (TPSA) is 74.0 Å². The van der Waals surface area contributed by atoms with E-state index in [1.165, 1.54) is 24.5 Å². The van der Waals surface area contributed by atoms with E-state index in [0.717, 1.165) is 0 Å². The molecule has 1 heterocycles. The number of aromatic carboxylic acids is 1. The second-order valence-electron chi connectivity index (χ2n) is 3.57. The Hall–Kier alpha value is -2.38. The first kappa shape index (κ1) is 12.1. The molecule has 2 aromatic rings. The minimum Gasteiger partial charge on any atom is -0.478 e. The maximum Gasteiger partial charge on any atom is 0.336 e. The molecule has 5 heteroatoms. The number of carboxylic acid groups (broad SMARTS) is 1.